The third-order valence-corrected chi connectivity index (χ3v) is 3.15. The molecule has 0 radical (unpaired) electrons. The lowest BCUT2D eigenvalue weighted by Gasteiger charge is -2.19. The van der Waals surface area contributed by atoms with Crippen LogP contribution in [0.1, 0.15) is 30.6 Å². The van der Waals surface area contributed by atoms with Crippen LogP contribution in [0.3, 0.4) is 0 Å². The van der Waals surface area contributed by atoms with Crippen molar-refractivity contribution in [3.05, 3.63) is 42.6 Å². The molecule has 23 heavy (non-hydrogen) atoms. The molecule has 0 aliphatic carbocycles. The van der Waals surface area contributed by atoms with Crippen molar-refractivity contribution >= 4 is 30.7 Å². The Balaban J connectivity index is 0.00000242. The summed E-state index contributed by atoms with van der Waals surface area (Å²) in [5.74, 6) is 1.01. The predicted molar refractivity (Wildman–Crippen MR) is 95.6 cm³/mol. The molecular formula is C15H23Cl2N5O. The molecule has 8 heteroatoms. The second-order valence-corrected chi connectivity index (χ2v) is 5.41. The van der Waals surface area contributed by atoms with Crippen LogP contribution in [-0.4, -0.2) is 33.0 Å². The quantitative estimate of drug-likeness (QED) is 0.827. The summed E-state index contributed by atoms with van der Waals surface area (Å²) in [6.07, 6.45) is 7.57. The van der Waals surface area contributed by atoms with E-state index < -0.39 is 0 Å². The van der Waals surface area contributed by atoms with Gasteiger partial charge in [-0.05, 0) is 24.5 Å². The molecule has 2 aromatic rings. The first-order valence-corrected chi connectivity index (χ1v) is 7.05. The van der Waals surface area contributed by atoms with E-state index in [-0.39, 0.29) is 36.8 Å². The fourth-order valence-corrected chi connectivity index (χ4v) is 2.15. The van der Waals surface area contributed by atoms with Crippen molar-refractivity contribution in [1.29, 1.82) is 0 Å². The summed E-state index contributed by atoms with van der Waals surface area (Å²) in [5, 5.41) is 2.97. The molecule has 128 valence electrons. The van der Waals surface area contributed by atoms with E-state index in [0.717, 1.165) is 6.42 Å². The molecule has 1 unspecified atom stereocenters. The Bertz CT molecular complexity index is 589. The smallest absolute Gasteiger partial charge is 0.251 e. The van der Waals surface area contributed by atoms with Crippen molar-refractivity contribution in [2.45, 2.75) is 26.3 Å². The second-order valence-electron chi connectivity index (χ2n) is 5.41. The van der Waals surface area contributed by atoms with Crippen molar-refractivity contribution in [3.8, 4) is 5.82 Å². The molecule has 3 N–H and O–H groups in total. The fraction of sp³-hybridized carbons (Fsp3) is 0.400. The maximum Gasteiger partial charge on any atom is 0.251 e. The van der Waals surface area contributed by atoms with Gasteiger partial charge in [0, 0.05) is 36.7 Å². The average Bonchev–Trinajstić information content (AvgIpc) is 3.00. The van der Waals surface area contributed by atoms with Gasteiger partial charge in [-0.3, -0.25) is 9.36 Å². The van der Waals surface area contributed by atoms with Gasteiger partial charge >= 0.3 is 0 Å². The van der Waals surface area contributed by atoms with Crippen molar-refractivity contribution in [3.63, 3.8) is 0 Å². The maximum absolute atomic E-state index is 12.3. The SMILES string of the molecule is CC(C)CC(CN)NC(=O)c1ccnc(-n2ccnc2)c1.Cl.Cl. The molecule has 2 rings (SSSR count). The zero-order chi connectivity index (χ0) is 15.2. The Morgan fingerprint density at radius 1 is 1.35 bits per heavy atom. The number of imidazole rings is 1. The van der Waals surface area contributed by atoms with Crippen LogP contribution in [0.5, 0.6) is 0 Å². The molecule has 0 saturated carbocycles. The van der Waals surface area contributed by atoms with Gasteiger partial charge in [-0.1, -0.05) is 13.8 Å². The van der Waals surface area contributed by atoms with Gasteiger partial charge in [-0.2, -0.15) is 0 Å². The highest BCUT2D eigenvalue weighted by atomic mass is 35.5. The number of nitrogens with one attached hydrogen (secondary N) is 1. The molecule has 0 saturated heterocycles. The summed E-state index contributed by atoms with van der Waals surface area (Å²) in [5.41, 5.74) is 6.28. The van der Waals surface area contributed by atoms with Gasteiger partial charge < -0.3 is 11.1 Å². The van der Waals surface area contributed by atoms with Gasteiger partial charge in [0.2, 0.25) is 0 Å². The molecule has 0 fully saturated rings. The summed E-state index contributed by atoms with van der Waals surface area (Å²) >= 11 is 0. The van der Waals surface area contributed by atoms with Crippen LogP contribution in [0.2, 0.25) is 0 Å². The van der Waals surface area contributed by atoms with Crippen molar-refractivity contribution < 1.29 is 4.79 Å². The van der Waals surface area contributed by atoms with Crippen LogP contribution < -0.4 is 11.1 Å². The highest BCUT2D eigenvalue weighted by Gasteiger charge is 2.14. The number of carbonyl (C=O) groups excluding carboxylic acids is 1. The Morgan fingerprint density at radius 3 is 2.65 bits per heavy atom. The first-order valence-electron chi connectivity index (χ1n) is 7.05. The van der Waals surface area contributed by atoms with E-state index in [0.29, 0.717) is 23.8 Å². The van der Waals surface area contributed by atoms with Crippen LogP contribution in [0, 0.1) is 5.92 Å². The van der Waals surface area contributed by atoms with Crippen LogP contribution >= 0.6 is 24.8 Å². The number of aromatic nitrogens is 3. The summed E-state index contributed by atoms with van der Waals surface area (Å²) in [4.78, 5) is 20.5. The normalized spacial score (nSPS) is 11.3. The molecule has 2 aromatic heterocycles. The Labute approximate surface area is 148 Å². The minimum Gasteiger partial charge on any atom is -0.348 e. The summed E-state index contributed by atoms with van der Waals surface area (Å²) < 4.78 is 1.76. The Kier molecular flexibility index (Phi) is 9.48. The van der Waals surface area contributed by atoms with Crippen LogP contribution in [0.4, 0.5) is 0 Å². The van der Waals surface area contributed by atoms with Gasteiger partial charge in [0.1, 0.15) is 12.1 Å². The topological polar surface area (TPSA) is 85.8 Å². The molecule has 6 nitrogen and oxygen atoms in total. The molecule has 1 amide bonds. The van der Waals surface area contributed by atoms with Gasteiger partial charge in [0.25, 0.3) is 5.91 Å². The first-order chi connectivity index (χ1) is 10.1. The summed E-state index contributed by atoms with van der Waals surface area (Å²) in [6.45, 7) is 4.65. The third-order valence-electron chi connectivity index (χ3n) is 3.15. The van der Waals surface area contributed by atoms with Crippen LogP contribution in [0.15, 0.2) is 37.1 Å². The Hall–Kier alpha value is -1.63. The number of pyridine rings is 1. The van der Waals surface area contributed by atoms with E-state index in [2.05, 4.69) is 29.1 Å². The molecule has 0 aromatic carbocycles. The number of amides is 1. The van der Waals surface area contributed by atoms with E-state index in [1.165, 1.54) is 0 Å². The number of carbonyl (C=O) groups is 1. The minimum atomic E-state index is -0.130. The highest BCUT2D eigenvalue weighted by molar-refractivity contribution is 5.94. The van der Waals surface area contributed by atoms with Crippen molar-refractivity contribution in [2.75, 3.05) is 6.54 Å². The Morgan fingerprint density at radius 2 is 2.09 bits per heavy atom. The molecule has 0 spiro atoms. The fourth-order valence-electron chi connectivity index (χ4n) is 2.15. The minimum absolute atomic E-state index is 0. The highest BCUT2D eigenvalue weighted by Crippen LogP contribution is 2.09. The standard InChI is InChI=1S/C15H21N5O.2ClH/c1-11(2)7-13(9-16)19-15(21)12-3-4-18-14(8-12)20-6-5-17-10-20;;/h3-6,8,10-11,13H,7,9,16H2,1-2H3,(H,19,21);2*1H. The monoisotopic (exact) mass is 359 g/mol. The molecule has 0 bridgehead atoms. The van der Waals surface area contributed by atoms with Gasteiger partial charge in [0.05, 0.1) is 0 Å². The lowest BCUT2D eigenvalue weighted by Crippen LogP contribution is -2.41. The molecule has 0 aliphatic heterocycles. The van der Waals surface area contributed by atoms with E-state index in [1.54, 1.807) is 41.6 Å². The van der Waals surface area contributed by atoms with Gasteiger partial charge in [-0.15, -0.1) is 24.8 Å². The second kappa shape index (κ2) is 10.2. The zero-order valence-electron chi connectivity index (χ0n) is 13.2. The van der Waals surface area contributed by atoms with Crippen LogP contribution in [0.25, 0.3) is 5.82 Å². The summed E-state index contributed by atoms with van der Waals surface area (Å²) in [7, 11) is 0. The average molecular weight is 360 g/mol. The van der Waals surface area contributed by atoms with E-state index in [1.807, 2.05) is 0 Å². The number of nitrogens with two attached hydrogens (primary N) is 1. The van der Waals surface area contributed by atoms with E-state index in [4.69, 9.17) is 5.73 Å². The number of rotatable bonds is 6. The lowest BCUT2D eigenvalue weighted by molar-refractivity contribution is 0.0933. The maximum atomic E-state index is 12.3. The van der Waals surface area contributed by atoms with Crippen molar-refractivity contribution in [2.24, 2.45) is 11.7 Å². The van der Waals surface area contributed by atoms with E-state index >= 15 is 0 Å². The zero-order valence-corrected chi connectivity index (χ0v) is 14.8. The third kappa shape index (κ3) is 6.17. The number of nitrogens with zero attached hydrogens (tertiary/aromatic N) is 3. The summed E-state index contributed by atoms with van der Waals surface area (Å²) in [6, 6.07) is 3.42. The molecule has 2 heterocycles. The molecular weight excluding hydrogens is 337 g/mol. The van der Waals surface area contributed by atoms with E-state index in [9.17, 15) is 4.79 Å². The van der Waals surface area contributed by atoms with Crippen LogP contribution in [-0.2, 0) is 0 Å². The molecule has 1 atom stereocenters. The van der Waals surface area contributed by atoms with Gasteiger partial charge in [0.15, 0.2) is 0 Å². The largest absolute Gasteiger partial charge is 0.348 e. The van der Waals surface area contributed by atoms with Gasteiger partial charge in [-0.25, -0.2) is 9.97 Å². The van der Waals surface area contributed by atoms with Crippen molar-refractivity contribution in [1.82, 2.24) is 19.9 Å². The number of halogens is 2. The number of hydrogen-bond donors (Lipinski definition) is 2. The predicted octanol–water partition coefficient (Wildman–Crippen LogP) is 2.21. The molecule has 0 aliphatic rings. The number of hydrogen-bond acceptors (Lipinski definition) is 4. The first kappa shape index (κ1) is 21.4. The lowest BCUT2D eigenvalue weighted by atomic mass is 10.0.